The fraction of sp³-hybridized carbons (Fsp3) is 0.500. The van der Waals surface area contributed by atoms with Crippen LogP contribution in [0, 0.1) is 0 Å². The summed E-state index contributed by atoms with van der Waals surface area (Å²) >= 11 is 0. The predicted molar refractivity (Wildman–Crippen MR) is 59.3 cm³/mol. The summed E-state index contributed by atoms with van der Waals surface area (Å²) in [7, 11) is 3.74. The van der Waals surface area contributed by atoms with Crippen LogP contribution < -0.4 is 5.32 Å². The number of benzene rings is 1. The minimum absolute atomic E-state index is 0.285. The van der Waals surface area contributed by atoms with Crippen molar-refractivity contribution in [3.8, 4) is 0 Å². The molecule has 1 rings (SSSR count). The van der Waals surface area contributed by atoms with Crippen LogP contribution in [0.3, 0.4) is 0 Å². The molecule has 0 aliphatic carbocycles. The van der Waals surface area contributed by atoms with Gasteiger partial charge in [-0.2, -0.15) is 0 Å². The summed E-state index contributed by atoms with van der Waals surface area (Å²) in [5.41, 5.74) is 1.32. The second-order valence-corrected chi connectivity index (χ2v) is 3.53. The Morgan fingerprint density at radius 1 is 1.29 bits per heavy atom. The van der Waals surface area contributed by atoms with E-state index < -0.39 is 0 Å². The lowest BCUT2D eigenvalue weighted by atomic mass is 10.0. The van der Waals surface area contributed by atoms with Crippen LogP contribution in [0.2, 0.25) is 0 Å². The minimum Gasteiger partial charge on any atom is -0.382 e. The first kappa shape index (κ1) is 11.2. The van der Waals surface area contributed by atoms with Crippen LogP contribution in [-0.4, -0.2) is 20.3 Å². The van der Waals surface area contributed by atoms with Gasteiger partial charge in [-0.3, -0.25) is 0 Å². The Bertz CT molecular complexity index is 248. The SMILES string of the molecule is CNC(CC(C)OC)c1ccccc1. The third-order valence-corrected chi connectivity index (χ3v) is 2.52. The van der Waals surface area contributed by atoms with E-state index in [0.717, 1.165) is 6.42 Å². The standard InChI is InChI=1S/C12H19NO/c1-10(14-3)9-12(13-2)11-7-5-4-6-8-11/h4-8,10,12-13H,9H2,1-3H3. The van der Waals surface area contributed by atoms with Crippen LogP contribution in [0.15, 0.2) is 30.3 Å². The molecule has 78 valence electrons. The maximum atomic E-state index is 5.26. The average molecular weight is 193 g/mol. The van der Waals surface area contributed by atoms with E-state index in [9.17, 15) is 0 Å². The summed E-state index contributed by atoms with van der Waals surface area (Å²) in [5, 5.41) is 3.30. The number of nitrogens with one attached hydrogen (secondary N) is 1. The predicted octanol–water partition coefficient (Wildman–Crippen LogP) is 2.37. The number of ether oxygens (including phenoxy) is 1. The van der Waals surface area contributed by atoms with Gasteiger partial charge in [0.2, 0.25) is 0 Å². The smallest absolute Gasteiger partial charge is 0.0561 e. The molecule has 0 fully saturated rings. The highest BCUT2D eigenvalue weighted by Gasteiger charge is 2.12. The van der Waals surface area contributed by atoms with Gasteiger partial charge in [0.25, 0.3) is 0 Å². The first-order chi connectivity index (χ1) is 6.77. The largest absolute Gasteiger partial charge is 0.382 e. The first-order valence-electron chi connectivity index (χ1n) is 5.03. The maximum absolute atomic E-state index is 5.26. The van der Waals surface area contributed by atoms with E-state index in [1.54, 1.807) is 7.11 Å². The fourth-order valence-corrected chi connectivity index (χ4v) is 1.53. The summed E-state index contributed by atoms with van der Waals surface area (Å²) in [6.45, 7) is 2.09. The lowest BCUT2D eigenvalue weighted by Gasteiger charge is -2.20. The Labute approximate surface area is 86.3 Å². The van der Waals surface area contributed by atoms with Crippen molar-refractivity contribution >= 4 is 0 Å². The topological polar surface area (TPSA) is 21.3 Å². The molecule has 14 heavy (non-hydrogen) atoms. The molecular formula is C12H19NO. The van der Waals surface area contributed by atoms with E-state index >= 15 is 0 Å². The fourth-order valence-electron chi connectivity index (χ4n) is 1.53. The minimum atomic E-state index is 0.285. The number of rotatable bonds is 5. The molecule has 1 aromatic carbocycles. The van der Waals surface area contributed by atoms with Crippen molar-refractivity contribution in [2.75, 3.05) is 14.2 Å². The zero-order valence-electron chi connectivity index (χ0n) is 9.16. The van der Waals surface area contributed by atoms with Gasteiger partial charge in [-0.15, -0.1) is 0 Å². The Balaban J connectivity index is 2.63. The Kier molecular flexibility index (Phi) is 4.63. The van der Waals surface area contributed by atoms with E-state index in [4.69, 9.17) is 4.74 Å². The van der Waals surface area contributed by atoms with E-state index in [0.29, 0.717) is 6.04 Å². The zero-order chi connectivity index (χ0) is 10.4. The van der Waals surface area contributed by atoms with Gasteiger partial charge in [-0.25, -0.2) is 0 Å². The molecule has 2 unspecified atom stereocenters. The maximum Gasteiger partial charge on any atom is 0.0561 e. The van der Waals surface area contributed by atoms with Gasteiger partial charge in [0, 0.05) is 13.2 Å². The molecule has 2 nitrogen and oxygen atoms in total. The van der Waals surface area contributed by atoms with Crippen molar-refractivity contribution in [1.29, 1.82) is 0 Å². The van der Waals surface area contributed by atoms with Gasteiger partial charge in [-0.1, -0.05) is 30.3 Å². The first-order valence-corrected chi connectivity index (χ1v) is 5.03. The van der Waals surface area contributed by atoms with E-state index in [1.807, 2.05) is 13.1 Å². The number of methoxy groups -OCH3 is 1. The number of hydrogen-bond acceptors (Lipinski definition) is 2. The lowest BCUT2D eigenvalue weighted by molar-refractivity contribution is 0.101. The van der Waals surface area contributed by atoms with Gasteiger partial charge >= 0.3 is 0 Å². The van der Waals surface area contributed by atoms with Crippen LogP contribution in [0.1, 0.15) is 24.9 Å². The molecule has 0 amide bonds. The summed E-state index contributed by atoms with van der Waals surface area (Å²) in [5.74, 6) is 0. The van der Waals surface area contributed by atoms with E-state index in [2.05, 4.69) is 36.5 Å². The molecule has 0 aliphatic rings. The second-order valence-electron chi connectivity index (χ2n) is 3.53. The zero-order valence-corrected chi connectivity index (χ0v) is 9.16. The van der Waals surface area contributed by atoms with Crippen LogP contribution in [0.25, 0.3) is 0 Å². The highest BCUT2D eigenvalue weighted by atomic mass is 16.5. The summed E-state index contributed by atoms with van der Waals surface area (Å²) < 4.78 is 5.26. The van der Waals surface area contributed by atoms with Gasteiger partial charge in [0.1, 0.15) is 0 Å². The molecule has 2 heteroatoms. The molecular weight excluding hydrogens is 174 g/mol. The quantitative estimate of drug-likeness (QED) is 0.775. The Hall–Kier alpha value is -0.860. The lowest BCUT2D eigenvalue weighted by Crippen LogP contribution is -2.21. The second kappa shape index (κ2) is 5.78. The monoisotopic (exact) mass is 193 g/mol. The van der Waals surface area contributed by atoms with Gasteiger partial charge in [0.15, 0.2) is 0 Å². The normalized spacial score (nSPS) is 15.1. The third kappa shape index (κ3) is 3.13. The summed E-state index contributed by atoms with van der Waals surface area (Å²) in [4.78, 5) is 0. The van der Waals surface area contributed by atoms with Crippen LogP contribution in [0.5, 0.6) is 0 Å². The Morgan fingerprint density at radius 3 is 2.43 bits per heavy atom. The third-order valence-electron chi connectivity index (χ3n) is 2.52. The molecule has 0 radical (unpaired) electrons. The van der Waals surface area contributed by atoms with Crippen molar-refractivity contribution in [2.24, 2.45) is 0 Å². The van der Waals surface area contributed by atoms with Crippen LogP contribution >= 0.6 is 0 Å². The van der Waals surface area contributed by atoms with E-state index in [-0.39, 0.29) is 6.10 Å². The van der Waals surface area contributed by atoms with E-state index in [1.165, 1.54) is 5.56 Å². The highest BCUT2D eigenvalue weighted by molar-refractivity contribution is 5.18. The van der Waals surface area contributed by atoms with Crippen molar-refractivity contribution < 1.29 is 4.74 Å². The van der Waals surface area contributed by atoms with Crippen molar-refractivity contribution in [2.45, 2.75) is 25.5 Å². The van der Waals surface area contributed by atoms with Crippen LogP contribution in [-0.2, 0) is 4.74 Å². The van der Waals surface area contributed by atoms with Crippen molar-refractivity contribution in [3.63, 3.8) is 0 Å². The highest BCUT2D eigenvalue weighted by Crippen LogP contribution is 2.18. The van der Waals surface area contributed by atoms with Gasteiger partial charge in [-0.05, 0) is 26.0 Å². The molecule has 0 heterocycles. The summed E-state index contributed by atoms with van der Waals surface area (Å²) in [6.07, 6.45) is 1.28. The van der Waals surface area contributed by atoms with Crippen molar-refractivity contribution in [3.05, 3.63) is 35.9 Å². The average Bonchev–Trinajstić information content (AvgIpc) is 2.26. The van der Waals surface area contributed by atoms with Gasteiger partial charge in [0.05, 0.1) is 6.10 Å². The summed E-state index contributed by atoms with van der Waals surface area (Å²) in [6, 6.07) is 10.8. The Morgan fingerprint density at radius 2 is 1.93 bits per heavy atom. The van der Waals surface area contributed by atoms with Gasteiger partial charge < -0.3 is 10.1 Å². The molecule has 1 aromatic rings. The molecule has 0 bridgehead atoms. The molecule has 0 spiro atoms. The van der Waals surface area contributed by atoms with Crippen LogP contribution in [0.4, 0.5) is 0 Å². The molecule has 0 saturated heterocycles. The molecule has 1 N–H and O–H groups in total. The molecule has 0 aliphatic heterocycles. The van der Waals surface area contributed by atoms with Crippen molar-refractivity contribution in [1.82, 2.24) is 5.32 Å². The number of hydrogen-bond donors (Lipinski definition) is 1. The molecule has 0 saturated carbocycles. The molecule has 0 aromatic heterocycles. The molecule has 2 atom stereocenters.